The van der Waals surface area contributed by atoms with Crippen molar-refractivity contribution in [1.82, 2.24) is 5.01 Å². The number of hydrogen-bond donors (Lipinski definition) is 0. The molecule has 0 amide bonds. The Bertz CT molecular complexity index is 101. The monoisotopic (exact) mass is 130 g/mol. The molecule has 0 aliphatic carbocycles. The minimum absolute atomic E-state index is 0.521. The van der Waals surface area contributed by atoms with Crippen LogP contribution in [0.15, 0.2) is 5.29 Å². The van der Waals surface area contributed by atoms with Crippen LogP contribution in [0, 0.1) is 10.8 Å². The van der Waals surface area contributed by atoms with E-state index in [9.17, 15) is 4.91 Å². The highest BCUT2D eigenvalue weighted by Gasteiger charge is 2.25. The molecule has 4 nitrogen and oxygen atoms in total. The fourth-order valence-electron chi connectivity index (χ4n) is 0.950. The maximum atomic E-state index is 9.77. The Morgan fingerprint density at radius 2 is 2.44 bits per heavy atom. The first-order chi connectivity index (χ1) is 4.36. The number of ether oxygens (including phenoxy) is 1. The van der Waals surface area contributed by atoms with Gasteiger partial charge in [0.05, 0.1) is 11.9 Å². The summed E-state index contributed by atoms with van der Waals surface area (Å²) in [4.78, 5) is 9.77. The Hall–Kier alpha value is -0.640. The van der Waals surface area contributed by atoms with E-state index < -0.39 is 0 Å². The number of hydrogen-bond acceptors (Lipinski definition) is 3. The summed E-state index contributed by atoms with van der Waals surface area (Å²) in [5, 5.41) is 4.24. The van der Waals surface area contributed by atoms with Gasteiger partial charge in [-0.1, -0.05) is 0 Å². The topological polar surface area (TPSA) is 41.9 Å². The third-order valence-corrected chi connectivity index (χ3v) is 1.46. The third-order valence-electron chi connectivity index (χ3n) is 1.46. The van der Waals surface area contributed by atoms with Gasteiger partial charge in [-0.3, -0.25) is 5.01 Å². The molecule has 0 radical (unpaired) electrons. The summed E-state index contributed by atoms with van der Waals surface area (Å²) in [5.41, 5.74) is 0. The Labute approximate surface area is 53.7 Å². The van der Waals surface area contributed by atoms with Crippen LogP contribution in [0.25, 0.3) is 0 Å². The predicted molar refractivity (Wildman–Crippen MR) is 32.7 cm³/mol. The summed E-state index contributed by atoms with van der Waals surface area (Å²) >= 11 is 0. The molecule has 0 aromatic carbocycles. The van der Waals surface area contributed by atoms with Crippen molar-refractivity contribution in [1.29, 1.82) is 0 Å². The zero-order chi connectivity index (χ0) is 6.69. The van der Waals surface area contributed by atoms with Crippen molar-refractivity contribution in [3.05, 3.63) is 4.91 Å². The van der Waals surface area contributed by atoms with Gasteiger partial charge in [0, 0.05) is 26.1 Å². The van der Waals surface area contributed by atoms with Crippen LogP contribution in [0.5, 0.6) is 0 Å². The average Bonchev–Trinajstić information content (AvgIpc) is 1.77. The van der Waals surface area contributed by atoms with Gasteiger partial charge >= 0.3 is 0 Å². The third kappa shape index (κ3) is 1.38. The smallest absolute Gasteiger partial charge is 0.0525 e. The summed E-state index contributed by atoms with van der Waals surface area (Å²) < 4.78 is 4.87. The van der Waals surface area contributed by atoms with Gasteiger partial charge in [0.25, 0.3) is 0 Å². The molecular formula is C5H10N2O2. The molecule has 1 heterocycles. The van der Waals surface area contributed by atoms with Crippen LogP contribution < -0.4 is 0 Å². The molecule has 1 saturated heterocycles. The second-order valence-corrected chi connectivity index (χ2v) is 2.27. The molecular weight excluding hydrogens is 120 g/mol. The summed E-state index contributed by atoms with van der Waals surface area (Å²) in [6.45, 7) is 2.26. The molecule has 9 heavy (non-hydrogen) atoms. The van der Waals surface area contributed by atoms with Crippen LogP contribution in [0.4, 0.5) is 0 Å². The van der Waals surface area contributed by atoms with Gasteiger partial charge in [-0.05, 0) is 0 Å². The predicted octanol–water partition coefficient (Wildman–Crippen LogP) is 0.246. The highest BCUT2D eigenvalue weighted by molar-refractivity contribution is 4.75. The average molecular weight is 130 g/mol. The lowest BCUT2D eigenvalue weighted by Gasteiger charge is -2.33. The van der Waals surface area contributed by atoms with Gasteiger partial charge in [-0.15, -0.1) is 4.91 Å². The van der Waals surface area contributed by atoms with Crippen LogP contribution in [0.1, 0.15) is 0 Å². The zero-order valence-corrected chi connectivity index (χ0v) is 5.41. The van der Waals surface area contributed by atoms with Crippen molar-refractivity contribution in [2.24, 2.45) is 11.2 Å². The van der Waals surface area contributed by atoms with E-state index in [1.165, 1.54) is 5.01 Å². The SMILES string of the molecule is COCC1CN(N=O)C1. The van der Waals surface area contributed by atoms with E-state index >= 15 is 0 Å². The van der Waals surface area contributed by atoms with Crippen LogP contribution in [-0.4, -0.2) is 31.8 Å². The molecule has 0 bridgehead atoms. The first-order valence-electron chi connectivity index (χ1n) is 2.94. The van der Waals surface area contributed by atoms with Crippen molar-refractivity contribution < 1.29 is 4.74 Å². The van der Waals surface area contributed by atoms with E-state index in [4.69, 9.17) is 4.74 Å². The van der Waals surface area contributed by atoms with Gasteiger partial charge < -0.3 is 4.74 Å². The standard InChI is InChI=1S/C5H10N2O2/c1-9-4-5-2-7(3-5)6-8/h5H,2-4H2,1H3. The normalized spacial score (nSPS) is 19.4. The van der Waals surface area contributed by atoms with Crippen LogP contribution in [-0.2, 0) is 4.74 Å². The molecule has 1 rings (SSSR count). The first-order valence-corrected chi connectivity index (χ1v) is 2.94. The zero-order valence-electron chi connectivity index (χ0n) is 5.41. The molecule has 0 atom stereocenters. The van der Waals surface area contributed by atoms with E-state index in [1.807, 2.05) is 0 Å². The van der Waals surface area contributed by atoms with Crippen molar-refractivity contribution in [3.8, 4) is 0 Å². The molecule has 1 aliphatic heterocycles. The Morgan fingerprint density at radius 1 is 1.78 bits per heavy atom. The number of rotatable bonds is 3. The highest BCUT2D eigenvalue weighted by Crippen LogP contribution is 2.14. The summed E-state index contributed by atoms with van der Waals surface area (Å²) in [6, 6.07) is 0. The van der Waals surface area contributed by atoms with Gasteiger partial charge in [0.1, 0.15) is 0 Å². The minimum atomic E-state index is 0.521. The Kier molecular flexibility index (Phi) is 2.00. The molecule has 52 valence electrons. The van der Waals surface area contributed by atoms with E-state index in [0.717, 1.165) is 19.7 Å². The van der Waals surface area contributed by atoms with Crippen LogP contribution in [0.2, 0.25) is 0 Å². The van der Waals surface area contributed by atoms with E-state index in [1.54, 1.807) is 7.11 Å². The maximum absolute atomic E-state index is 9.77. The van der Waals surface area contributed by atoms with Crippen molar-refractivity contribution >= 4 is 0 Å². The molecule has 0 spiro atoms. The molecule has 1 aliphatic rings. The highest BCUT2D eigenvalue weighted by atomic mass is 16.5. The second kappa shape index (κ2) is 2.77. The molecule has 0 aromatic rings. The number of nitroso groups, excluding NO2 is 1. The Morgan fingerprint density at radius 3 is 2.89 bits per heavy atom. The molecule has 4 heteroatoms. The fourth-order valence-corrected chi connectivity index (χ4v) is 0.950. The van der Waals surface area contributed by atoms with Crippen molar-refractivity contribution in [2.45, 2.75) is 0 Å². The summed E-state index contributed by atoms with van der Waals surface area (Å²) in [7, 11) is 1.66. The lowest BCUT2D eigenvalue weighted by atomic mass is 10.0. The number of nitrogens with zero attached hydrogens (tertiary/aromatic N) is 2. The first kappa shape index (κ1) is 6.48. The number of methoxy groups -OCH3 is 1. The Balaban J connectivity index is 2.04. The maximum Gasteiger partial charge on any atom is 0.0525 e. The lowest BCUT2D eigenvalue weighted by molar-refractivity contribution is 0.0350. The van der Waals surface area contributed by atoms with Crippen LogP contribution >= 0.6 is 0 Å². The lowest BCUT2D eigenvalue weighted by Crippen LogP contribution is -2.44. The summed E-state index contributed by atoms with van der Waals surface area (Å²) in [5.74, 6) is 0.521. The quantitative estimate of drug-likeness (QED) is 0.514. The van der Waals surface area contributed by atoms with Gasteiger partial charge in [0.15, 0.2) is 0 Å². The fraction of sp³-hybridized carbons (Fsp3) is 1.00. The molecule has 0 aromatic heterocycles. The van der Waals surface area contributed by atoms with Crippen molar-refractivity contribution in [3.63, 3.8) is 0 Å². The molecule has 0 saturated carbocycles. The van der Waals surface area contributed by atoms with Crippen molar-refractivity contribution in [2.75, 3.05) is 26.8 Å². The van der Waals surface area contributed by atoms with E-state index in [0.29, 0.717) is 5.92 Å². The molecule has 0 N–H and O–H groups in total. The minimum Gasteiger partial charge on any atom is -0.384 e. The van der Waals surface area contributed by atoms with Crippen LogP contribution in [0.3, 0.4) is 0 Å². The van der Waals surface area contributed by atoms with Gasteiger partial charge in [0.2, 0.25) is 0 Å². The largest absolute Gasteiger partial charge is 0.384 e. The molecule has 0 unspecified atom stereocenters. The second-order valence-electron chi connectivity index (χ2n) is 2.27. The van der Waals surface area contributed by atoms with E-state index in [2.05, 4.69) is 5.29 Å². The van der Waals surface area contributed by atoms with E-state index in [-0.39, 0.29) is 0 Å². The molecule has 1 fully saturated rings. The van der Waals surface area contributed by atoms with Gasteiger partial charge in [-0.25, -0.2) is 0 Å². The summed E-state index contributed by atoms with van der Waals surface area (Å²) in [6.07, 6.45) is 0. The van der Waals surface area contributed by atoms with Gasteiger partial charge in [-0.2, -0.15) is 0 Å².